The van der Waals surface area contributed by atoms with Crippen LogP contribution in [0.2, 0.25) is 0 Å². The van der Waals surface area contributed by atoms with Gasteiger partial charge in [0.2, 0.25) is 0 Å². The van der Waals surface area contributed by atoms with E-state index >= 15 is 0 Å². The molecule has 3 heteroatoms. The molecule has 0 aliphatic carbocycles. The lowest BCUT2D eigenvalue weighted by atomic mass is 9.90. The Bertz CT molecular complexity index is 267. The summed E-state index contributed by atoms with van der Waals surface area (Å²) >= 11 is 0. The lowest BCUT2D eigenvalue weighted by molar-refractivity contribution is 0.383. The average Bonchev–Trinajstić information content (AvgIpc) is 2.06. The van der Waals surface area contributed by atoms with E-state index in [1.54, 1.807) is 6.08 Å². The first-order valence-electron chi connectivity index (χ1n) is 3.74. The van der Waals surface area contributed by atoms with Gasteiger partial charge in [0, 0.05) is 5.41 Å². The van der Waals surface area contributed by atoms with E-state index in [9.17, 15) is 8.42 Å². The number of hydrogen-bond donors (Lipinski definition) is 0. The van der Waals surface area contributed by atoms with E-state index < -0.39 is 9.84 Å². The van der Waals surface area contributed by atoms with E-state index in [-0.39, 0.29) is 10.7 Å². The maximum atomic E-state index is 11.3. The molecule has 0 bridgehead atoms. The van der Waals surface area contributed by atoms with Crippen molar-refractivity contribution in [3.8, 4) is 0 Å². The van der Waals surface area contributed by atoms with Crippen molar-refractivity contribution in [2.75, 3.05) is 0 Å². The fraction of sp³-hybridized carbons (Fsp3) is 0.750. The van der Waals surface area contributed by atoms with Gasteiger partial charge in [-0.3, -0.25) is 0 Å². The van der Waals surface area contributed by atoms with Gasteiger partial charge in [-0.1, -0.05) is 26.8 Å². The largest absolute Gasteiger partial charge is 0.224 e. The van der Waals surface area contributed by atoms with E-state index in [4.69, 9.17) is 0 Å². The van der Waals surface area contributed by atoms with Crippen molar-refractivity contribution in [1.29, 1.82) is 0 Å². The molecule has 0 aromatic carbocycles. The van der Waals surface area contributed by atoms with Crippen LogP contribution in [0.4, 0.5) is 0 Å². The van der Waals surface area contributed by atoms with Gasteiger partial charge in [0.05, 0.1) is 5.25 Å². The number of allylic oxidation sites excluding steroid dienone is 1. The second-order valence-corrected chi connectivity index (χ2v) is 6.07. The van der Waals surface area contributed by atoms with Crippen LogP contribution in [0.25, 0.3) is 0 Å². The first-order valence-corrected chi connectivity index (χ1v) is 5.35. The van der Waals surface area contributed by atoms with Gasteiger partial charge in [0.15, 0.2) is 9.84 Å². The van der Waals surface area contributed by atoms with Crippen molar-refractivity contribution in [1.82, 2.24) is 0 Å². The molecule has 0 spiro atoms. The predicted octanol–water partition coefficient (Wildman–Crippen LogP) is 1.73. The summed E-state index contributed by atoms with van der Waals surface area (Å²) in [5, 5.41) is 1.12. The molecule has 64 valence electrons. The zero-order valence-corrected chi connectivity index (χ0v) is 7.98. The Hall–Kier alpha value is -0.310. The lowest BCUT2D eigenvalue weighted by Crippen LogP contribution is -2.30. The summed E-state index contributed by atoms with van der Waals surface area (Å²) in [6.07, 6.45) is 2.41. The Morgan fingerprint density at radius 2 is 1.91 bits per heavy atom. The fourth-order valence-electron chi connectivity index (χ4n) is 1.39. The zero-order valence-electron chi connectivity index (χ0n) is 7.16. The van der Waals surface area contributed by atoms with Crippen molar-refractivity contribution in [2.45, 2.75) is 32.4 Å². The summed E-state index contributed by atoms with van der Waals surface area (Å²) in [7, 11) is -2.93. The minimum atomic E-state index is -2.93. The molecule has 0 aromatic rings. The number of sulfone groups is 1. The summed E-state index contributed by atoms with van der Waals surface area (Å²) in [6, 6.07) is 0. The van der Waals surface area contributed by atoms with Gasteiger partial charge in [-0.2, -0.15) is 0 Å². The minimum absolute atomic E-state index is 0.137. The lowest BCUT2D eigenvalue weighted by Gasteiger charge is -2.25. The first kappa shape index (κ1) is 8.78. The smallest absolute Gasteiger partial charge is 0.174 e. The van der Waals surface area contributed by atoms with E-state index in [2.05, 4.69) is 0 Å². The van der Waals surface area contributed by atoms with Gasteiger partial charge in [-0.25, -0.2) is 8.42 Å². The zero-order chi connectivity index (χ0) is 8.70. The second-order valence-electron chi connectivity index (χ2n) is 4.05. The summed E-state index contributed by atoms with van der Waals surface area (Å²) in [6.45, 7) is 5.88. The monoisotopic (exact) mass is 174 g/mol. The summed E-state index contributed by atoms with van der Waals surface area (Å²) < 4.78 is 22.6. The molecule has 1 unspecified atom stereocenters. The normalized spacial score (nSPS) is 29.2. The van der Waals surface area contributed by atoms with E-state index in [1.807, 2.05) is 20.8 Å². The van der Waals surface area contributed by atoms with Crippen LogP contribution in [0.1, 0.15) is 27.2 Å². The maximum Gasteiger partial charge on any atom is 0.174 e. The Kier molecular flexibility index (Phi) is 1.87. The van der Waals surface area contributed by atoms with Gasteiger partial charge in [0.1, 0.15) is 0 Å². The highest BCUT2D eigenvalue weighted by Gasteiger charge is 2.36. The fourth-order valence-corrected chi connectivity index (χ4v) is 3.32. The molecule has 1 aliphatic heterocycles. The van der Waals surface area contributed by atoms with Gasteiger partial charge in [-0.15, -0.1) is 0 Å². The van der Waals surface area contributed by atoms with Gasteiger partial charge < -0.3 is 0 Å². The number of rotatable bonds is 0. The highest BCUT2D eigenvalue weighted by molar-refractivity contribution is 7.95. The minimum Gasteiger partial charge on any atom is -0.224 e. The molecule has 0 radical (unpaired) electrons. The Morgan fingerprint density at radius 3 is 2.09 bits per heavy atom. The van der Waals surface area contributed by atoms with Crippen LogP contribution in [0.5, 0.6) is 0 Å². The molecular formula is C8H14O2S. The standard InChI is InChI=1S/C8H14O2S/c1-8(2,3)7-5-4-6-11(7,9)10/h4,6-7H,5H2,1-3H3. The molecule has 11 heavy (non-hydrogen) atoms. The molecule has 1 heterocycles. The highest BCUT2D eigenvalue weighted by Crippen LogP contribution is 2.33. The van der Waals surface area contributed by atoms with E-state index in [0.717, 1.165) is 0 Å². The van der Waals surface area contributed by atoms with Gasteiger partial charge in [-0.05, 0) is 11.8 Å². The molecule has 2 nitrogen and oxygen atoms in total. The SMILES string of the molecule is CC(C)(C)C1CC=CS1(=O)=O. The molecule has 0 saturated heterocycles. The van der Waals surface area contributed by atoms with E-state index in [1.165, 1.54) is 5.41 Å². The van der Waals surface area contributed by atoms with Crippen LogP contribution in [0.15, 0.2) is 11.5 Å². The molecule has 0 aromatic heterocycles. The molecule has 0 fully saturated rings. The van der Waals surface area contributed by atoms with Crippen molar-refractivity contribution < 1.29 is 8.42 Å². The topological polar surface area (TPSA) is 34.1 Å². The summed E-state index contributed by atoms with van der Waals surface area (Å²) in [4.78, 5) is 0. The molecule has 0 N–H and O–H groups in total. The quantitative estimate of drug-likeness (QED) is 0.560. The Labute approximate surface area is 68.2 Å². The van der Waals surface area contributed by atoms with Crippen molar-refractivity contribution in [2.24, 2.45) is 5.41 Å². The predicted molar refractivity (Wildman–Crippen MR) is 45.9 cm³/mol. The van der Waals surface area contributed by atoms with Gasteiger partial charge in [0.25, 0.3) is 0 Å². The highest BCUT2D eigenvalue weighted by atomic mass is 32.2. The second kappa shape index (κ2) is 2.34. The Morgan fingerprint density at radius 1 is 1.36 bits per heavy atom. The van der Waals surface area contributed by atoms with Crippen LogP contribution in [0, 0.1) is 5.41 Å². The molecule has 0 amide bonds. The number of hydrogen-bond acceptors (Lipinski definition) is 2. The first-order chi connectivity index (χ1) is 4.84. The molecule has 1 atom stereocenters. The van der Waals surface area contributed by atoms with Crippen molar-refractivity contribution in [3.63, 3.8) is 0 Å². The maximum absolute atomic E-state index is 11.3. The van der Waals surface area contributed by atoms with Crippen LogP contribution in [-0.2, 0) is 9.84 Å². The third-order valence-electron chi connectivity index (χ3n) is 2.00. The molecule has 0 saturated carbocycles. The van der Waals surface area contributed by atoms with Crippen LogP contribution >= 0.6 is 0 Å². The van der Waals surface area contributed by atoms with Crippen molar-refractivity contribution in [3.05, 3.63) is 11.5 Å². The van der Waals surface area contributed by atoms with Crippen LogP contribution < -0.4 is 0 Å². The van der Waals surface area contributed by atoms with Crippen LogP contribution in [0.3, 0.4) is 0 Å². The average molecular weight is 174 g/mol. The molecular weight excluding hydrogens is 160 g/mol. The van der Waals surface area contributed by atoms with Crippen molar-refractivity contribution >= 4 is 9.84 Å². The third-order valence-corrected chi connectivity index (χ3v) is 4.26. The molecule has 1 rings (SSSR count). The summed E-state index contributed by atoms with van der Waals surface area (Å²) in [5.74, 6) is 0. The Balaban J connectivity index is 2.97. The van der Waals surface area contributed by atoms with E-state index in [0.29, 0.717) is 6.42 Å². The van der Waals surface area contributed by atoms with Gasteiger partial charge >= 0.3 is 0 Å². The third kappa shape index (κ3) is 1.64. The van der Waals surface area contributed by atoms with Crippen LogP contribution in [-0.4, -0.2) is 13.7 Å². The summed E-state index contributed by atoms with van der Waals surface area (Å²) in [5.41, 5.74) is -0.137. The molecule has 1 aliphatic rings.